The molecule has 8 nitrogen and oxygen atoms in total. The van der Waals surface area contributed by atoms with E-state index in [0.29, 0.717) is 18.4 Å². The molecule has 4 fully saturated rings. The van der Waals surface area contributed by atoms with Gasteiger partial charge in [0.05, 0.1) is 29.0 Å². The van der Waals surface area contributed by atoms with E-state index in [9.17, 15) is 14.4 Å². The molecule has 1 aromatic heterocycles. The molecule has 9 heteroatoms. The first kappa shape index (κ1) is 20.9. The predicted octanol–water partition coefficient (Wildman–Crippen LogP) is 1.87. The highest BCUT2D eigenvalue weighted by Gasteiger charge is 2.66. The average Bonchev–Trinajstić information content (AvgIpc) is 3.08. The standard InChI is InChI=1S/C22H27NO7S/c1-10-15-13-7-12(21(26)27-13)16(23(3)4)17(29-20(25)11-5-6-31-9-11)18-22(2,30-18)8-14(15)28-19(10)24/h5-6,9-10,12-18H,7-8H2,1-4H3. The molecule has 0 amide bonds. The van der Waals surface area contributed by atoms with E-state index in [-0.39, 0.29) is 23.8 Å². The third kappa shape index (κ3) is 3.37. The van der Waals surface area contributed by atoms with E-state index < -0.39 is 47.9 Å². The van der Waals surface area contributed by atoms with Crippen LogP contribution in [0.3, 0.4) is 0 Å². The zero-order valence-electron chi connectivity index (χ0n) is 18.0. The van der Waals surface area contributed by atoms with Gasteiger partial charge in [-0.25, -0.2) is 4.79 Å². The summed E-state index contributed by atoms with van der Waals surface area (Å²) >= 11 is 1.42. The molecule has 31 heavy (non-hydrogen) atoms. The van der Waals surface area contributed by atoms with Gasteiger partial charge in [-0.15, -0.1) is 0 Å². The minimum absolute atomic E-state index is 0.198. The number of ether oxygens (including phenoxy) is 4. The number of nitrogens with zero attached hydrogens (tertiary/aromatic N) is 1. The molecule has 0 N–H and O–H groups in total. The highest BCUT2D eigenvalue weighted by atomic mass is 32.1. The number of esters is 3. The number of hydrogen-bond donors (Lipinski definition) is 0. The van der Waals surface area contributed by atoms with Crippen LogP contribution < -0.4 is 0 Å². The van der Waals surface area contributed by atoms with Gasteiger partial charge >= 0.3 is 17.9 Å². The molecule has 0 aromatic carbocycles. The van der Waals surface area contributed by atoms with Gasteiger partial charge in [0.15, 0.2) is 0 Å². The summed E-state index contributed by atoms with van der Waals surface area (Å²) in [5, 5.41) is 3.56. The Kier molecular flexibility index (Phi) is 4.91. The number of thiophene rings is 1. The van der Waals surface area contributed by atoms with Gasteiger partial charge < -0.3 is 23.8 Å². The zero-order chi connectivity index (χ0) is 22.1. The Morgan fingerprint density at radius 3 is 2.65 bits per heavy atom. The average molecular weight is 450 g/mol. The molecule has 9 unspecified atom stereocenters. The SMILES string of the molecule is CC1C(=O)OC2CC3(C)OC3C(OC(=O)c3ccsc3)C(N(C)C)C3CC(OC3=O)C21. The van der Waals surface area contributed by atoms with Crippen LogP contribution in [-0.2, 0) is 28.5 Å². The first-order valence-electron chi connectivity index (χ1n) is 10.7. The molecule has 3 saturated heterocycles. The Labute approximate surface area is 184 Å². The monoisotopic (exact) mass is 449 g/mol. The van der Waals surface area contributed by atoms with Crippen LogP contribution in [0, 0.1) is 17.8 Å². The lowest BCUT2D eigenvalue weighted by atomic mass is 9.76. The van der Waals surface area contributed by atoms with Crippen molar-refractivity contribution in [3.8, 4) is 0 Å². The second-order valence-corrected chi connectivity index (χ2v) is 10.3. The van der Waals surface area contributed by atoms with Crippen LogP contribution >= 0.6 is 11.3 Å². The Bertz CT molecular complexity index is 902. The van der Waals surface area contributed by atoms with Crippen molar-refractivity contribution in [3.63, 3.8) is 0 Å². The highest BCUT2D eigenvalue weighted by Crippen LogP contribution is 2.52. The van der Waals surface area contributed by atoms with Gasteiger partial charge in [0.2, 0.25) is 0 Å². The summed E-state index contributed by atoms with van der Waals surface area (Å²) in [4.78, 5) is 40.1. The topological polar surface area (TPSA) is 94.7 Å². The van der Waals surface area contributed by atoms with Crippen LogP contribution in [0.1, 0.15) is 37.0 Å². The summed E-state index contributed by atoms with van der Waals surface area (Å²) in [5.74, 6) is -2.05. The zero-order valence-corrected chi connectivity index (χ0v) is 18.8. The molecule has 0 spiro atoms. The van der Waals surface area contributed by atoms with Crippen molar-refractivity contribution in [1.82, 2.24) is 4.90 Å². The van der Waals surface area contributed by atoms with Gasteiger partial charge in [0.1, 0.15) is 24.4 Å². The van der Waals surface area contributed by atoms with Gasteiger partial charge in [-0.2, -0.15) is 11.3 Å². The number of rotatable bonds is 3. The fourth-order valence-electron chi connectivity index (χ4n) is 5.70. The quantitative estimate of drug-likeness (QED) is 0.392. The Hall–Kier alpha value is -1.97. The fourth-order valence-corrected chi connectivity index (χ4v) is 6.32. The Balaban J connectivity index is 1.52. The summed E-state index contributed by atoms with van der Waals surface area (Å²) < 4.78 is 23.6. The second kappa shape index (κ2) is 7.28. The van der Waals surface area contributed by atoms with Crippen molar-refractivity contribution < 1.29 is 33.3 Å². The molecular weight excluding hydrogens is 422 g/mol. The molecule has 168 valence electrons. The lowest BCUT2D eigenvalue weighted by molar-refractivity contribution is -0.149. The minimum Gasteiger partial charge on any atom is -0.462 e. The number of likely N-dealkylation sites (N-methyl/N-ethyl adjacent to an activating group) is 1. The van der Waals surface area contributed by atoms with Gasteiger partial charge in [-0.05, 0) is 38.9 Å². The maximum Gasteiger partial charge on any atom is 0.339 e. The minimum atomic E-state index is -0.658. The maximum atomic E-state index is 13.0. The lowest BCUT2D eigenvalue weighted by Gasteiger charge is -2.35. The van der Waals surface area contributed by atoms with Gasteiger partial charge in [0, 0.05) is 17.7 Å². The smallest absolute Gasteiger partial charge is 0.339 e. The first-order chi connectivity index (χ1) is 14.7. The van der Waals surface area contributed by atoms with E-state index in [1.54, 1.807) is 11.4 Å². The van der Waals surface area contributed by atoms with E-state index in [1.807, 2.05) is 38.2 Å². The summed E-state index contributed by atoms with van der Waals surface area (Å²) in [6, 6.07) is 1.31. The van der Waals surface area contributed by atoms with Crippen molar-refractivity contribution in [2.45, 2.75) is 62.7 Å². The van der Waals surface area contributed by atoms with E-state index in [2.05, 4.69) is 0 Å². The molecule has 1 aliphatic carbocycles. The normalized spacial score (nSPS) is 43.6. The van der Waals surface area contributed by atoms with Crippen molar-refractivity contribution in [3.05, 3.63) is 22.4 Å². The molecule has 5 rings (SSSR count). The highest BCUT2D eigenvalue weighted by molar-refractivity contribution is 7.08. The van der Waals surface area contributed by atoms with E-state index >= 15 is 0 Å². The van der Waals surface area contributed by atoms with Crippen LogP contribution in [0.4, 0.5) is 0 Å². The molecule has 0 radical (unpaired) electrons. The second-order valence-electron chi connectivity index (χ2n) is 9.55. The molecule has 4 aliphatic rings. The Morgan fingerprint density at radius 2 is 1.97 bits per heavy atom. The van der Waals surface area contributed by atoms with Crippen LogP contribution in [0.15, 0.2) is 16.8 Å². The van der Waals surface area contributed by atoms with Crippen LogP contribution in [-0.4, -0.2) is 73.0 Å². The summed E-state index contributed by atoms with van der Waals surface area (Å²) in [6.45, 7) is 3.79. The number of epoxide rings is 1. The largest absolute Gasteiger partial charge is 0.462 e. The van der Waals surface area contributed by atoms with Crippen molar-refractivity contribution in [2.24, 2.45) is 17.8 Å². The number of carbonyl (C=O) groups excluding carboxylic acids is 3. The van der Waals surface area contributed by atoms with Crippen molar-refractivity contribution >= 4 is 29.2 Å². The predicted molar refractivity (Wildman–Crippen MR) is 109 cm³/mol. The van der Waals surface area contributed by atoms with Crippen LogP contribution in [0.5, 0.6) is 0 Å². The fraction of sp³-hybridized carbons (Fsp3) is 0.682. The van der Waals surface area contributed by atoms with Gasteiger partial charge in [-0.1, -0.05) is 6.92 Å². The summed E-state index contributed by atoms with van der Waals surface area (Å²) in [6.07, 6.45) is -0.919. The van der Waals surface area contributed by atoms with E-state index in [1.165, 1.54) is 11.3 Å². The maximum absolute atomic E-state index is 13.0. The van der Waals surface area contributed by atoms with E-state index in [0.717, 1.165) is 0 Å². The molecule has 4 heterocycles. The first-order valence-corrected chi connectivity index (χ1v) is 11.6. The molecule has 1 saturated carbocycles. The summed E-state index contributed by atoms with van der Waals surface area (Å²) in [7, 11) is 3.74. The summed E-state index contributed by atoms with van der Waals surface area (Å²) in [5.41, 5.74) is -0.131. The number of fused-ring (bicyclic) bond motifs is 5. The molecule has 9 atom stereocenters. The molecular formula is C22H27NO7S. The van der Waals surface area contributed by atoms with E-state index in [4.69, 9.17) is 18.9 Å². The third-order valence-corrected chi connectivity index (χ3v) is 8.01. The molecule has 3 aliphatic heterocycles. The lowest BCUT2D eigenvalue weighted by Crippen LogP contribution is -2.52. The van der Waals surface area contributed by atoms with Crippen molar-refractivity contribution in [1.29, 1.82) is 0 Å². The van der Waals surface area contributed by atoms with Gasteiger partial charge in [0.25, 0.3) is 0 Å². The number of carbonyl (C=O) groups is 3. The third-order valence-electron chi connectivity index (χ3n) is 7.32. The molecule has 1 aromatic rings. The van der Waals surface area contributed by atoms with Crippen LogP contribution in [0.2, 0.25) is 0 Å². The number of hydrogen-bond acceptors (Lipinski definition) is 9. The van der Waals surface area contributed by atoms with Crippen molar-refractivity contribution in [2.75, 3.05) is 14.1 Å². The van der Waals surface area contributed by atoms with Crippen LogP contribution in [0.25, 0.3) is 0 Å². The van der Waals surface area contributed by atoms with Gasteiger partial charge in [-0.3, -0.25) is 9.59 Å². The Morgan fingerprint density at radius 1 is 1.23 bits per heavy atom. The molecule has 2 bridgehead atoms.